The monoisotopic (exact) mass is 504 g/mol. The molecule has 1 aliphatic heterocycles. The zero-order valence-electron chi connectivity index (χ0n) is 17.1. The lowest BCUT2D eigenvalue weighted by atomic mass is 10.1. The van der Waals surface area contributed by atoms with E-state index in [1.807, 2.05) is 0 Å². The molecule has 1 fully saturated rings. The SMILES string of the molecule is O=C(Nc1cc(NC(=O)c2ccc(N3CCCS3(=O)=O)cc2Cl)ccc1Cl)c1cccnc1. The quantitative estimate of drug-likeness (QED) is 0.533. The van der Waals surface area contributed by atoms with Gasteiger partial charge in [0.15, 0.2) is 0 Å². The minimum atomic E-state index is -3.35. The third-order valence-corrected chi connectivity index (χ3v) is 7.49. The summed E-state index contributed by atoms with van der Waals surface area (Å²) in [6.45, 7) is 0.378. The fraction of sp³-hybridized carbons (Fsp3) is 0.136. The third kappa shape index (κ3) is 5.11. The summed E-state index contributed by atoms with van der Waals surface area (Å²) >= 11 is 12.5. The van der Waals surface area contributed by atoms with Crippen molar-refractivity contribution in [1.82, 2.24) is 4.98 Å². The van der Waals surface area contributed by atoms with E-state index in [1.54, 1.807) is 36.5 Å². The predicted molar refractivity (Wildman–Crippen MR) is 129 cm³/mol. The number of hydrogen-bond donors (Lipinski definition) is 2. The smallest absolute Gasteiger partial charge is 0.257 e. The van der Waals surface area contributed by atoms with Gasteiger partial charge in [-0.3, -0.25) is 18.9 Å². The van der Waals surface area contributed by atoms with Crippen molar-refractivity contribution >= 4 is 62.1 Å². The van der Waals surface area contributed by atoms with E-state index < -0.39 is 21.8 Å². The first-order valence-corrected chi connectivity index (χ1v) is 12.2. The van der Waals surface area contributed by atoms with Crippen molar-refractivity contribution in [3.05, 3.63) is 82.1 Å². The molecule has 0 aliphatic carbocycles. The molecule has 8 nitrogen and oxygen atoms in total. The Bertz CT molecular complexity index is 1330. The summed E-state index contributed by atoms with van der Waals surface area (Å²) in [5, 5.41) is 5.80. The number of sulfonamides is 1. The highest BCUT2D eigenvalue weighted by molar-refractivity contribution is 7.93. The van der Waals surface area contributed by atoms with Crippen LogP contribution in [0, 0.1) is 0 Å². The average Bonchev–Trinajstić information content (AvgIpc) is 3.15. The highest BCUT2D eigenvalue weighted by atomic mass is 35.5. The maximum Gasteiger partial charge on any atom is 0.257 e. The summed E-state index contributed by atoms with van der Waals surface area (Å²) in [5.74, 6) is -0.810. The molecule has 0 spiro atoms. The van der Waals surface area contributed by atoms with Crippen LogP contribution in [0.1, 0.15) is 27.1 Å². The lowest BCUT2D eigenvalue weighted by Crippen LogP contribution is -2.25. The van der Waals surface area contributed by atoms with Crippen LogP contribution < -0.4 is 14.9 Å². The zero-order chi connectivity index (χ0) is 23.6. The lowest BCUT2D eigenvalue weighted by molar-refractivity contribution is 0.101. The molecular formula is C22H18Cl2N4O4S. The molecule has 0 bridgehead atoms. The first kappa shape index (κ1) is 23.0. The van der Waals surface area contributed by atoms with Crippen molar-refractivity contribution in [2.45, 2.75) is 6.42 Å². The molecule has 0 radical (unpaired) electrons. The van der Waals surface area contributed by atoms with E-state index in [-0.39, 0.29) is 16.3 Å². The number of benzene rings is 2. The van der Waals surface area contributed by atoms with E-state index in [0.29, 0.717) is 40.6 Å². The van der Waals surface area contributed by atoms with Gasteiger partial charge >= 0.3 is 0 Å². The predicted octanol–water partition coefficient (Wildman–Crippen LogP) is 4.43. The maximum atomic E-state index is 12.8. The third-order valence-electron chi connectivity index (χ3n) is 4.98. The molecular weight excluding hydrogens is 487 g/mol. The van der Waals surface area contributed by atoms with Crippen molar-refractivity contribution < 1.29 is 18.0 Å². The van der Waals surface area contributed by atoms with Crippen LogP contribution in [-0.4, -0.2) is 37.5 Å². The molecule has 1 aliphatic rings. The minimum Gasteiger partial charge on any atom is -0.322 e. The number of rotatable bonds is 5. The van der Waals surface area contributed by atoms with Crippen LogP contribution in [0.25, 0.3) is 0 Å². The Balaban J connectivity index is 1.50. The van der Waals surface area contributed by atoms with E-state index in [2.05, 4.69) is 15.6 Å². The van der Waals surface area contributed by atoms with Gasteiger partial charge in [0.2, 0.25) is 10.0 Å². The molecule has 0 saturated carbocycles. The van der Waals surface area contributed by atoms with Crippen molar-refractivity contribution in [3.8, 4) is 0 Å². The Labute approximate surface area is 200 Å². The summed E-state index contributed by atoms with van der Waals surface area (Å²) in [5.41, 5.74) is 1.64. The van der Waals surface area contributed by atoms with Crippen molar-refractivity contribution in [3.63, 3.8) is 0 Å². The summed E-state index contributed by atoms with van der Waals surface area (Å²) in [7, 11) is -3.35. The van der Waals surface area contributed by atoms with Crippen LogP contribution in [0.4, 0.5) is 17.1 Å². The van der Waals surface area contributed by atoms with Crippen LogP contribution in [0.3, 0.4) is 0 Å². The van der Waals surface area contributed by atoms with Gasteiger partial charge in [-0.05, 0) is 55.0 Å². The fourth-order valence-corrected chi connectivity index (χ4v) is 5.34. The average molecular weight is 505 g/mol. The zero-order valence-corrected chi connectivity index (χ0v) is 19.4. The molecule has 2 N–H and O–H groups in total. The van der Waals surface area contributed by atoms with E-state index in [1.165, 1.54) is 28.7 Å². The Morgan fingerprint density at radius 2 is 1.79 bits per heavy atom. The number of nitrogens with one attached hydrogen (secondary N) is 2. The van der Waals surface area contributed by atoms with Crippen LogP contribution in [-0.2, 0) is 10.0 Å². The van der Waals surface area contributed by atoms with Gasteiger partial charge in [0, 0.05) is 24.6 Å². The van der Waals surface area contributed by atoms with E-state index in [4.69, 9.17) is 23.2 Å². The fourth-order valence-electron chi connectivity index (χ4n) is 3.36. The van der Waals surface area contributed by atoms with Crippen molar-refractivity contribution in [2.24, 2.45) is 0 Å². The van der Waals surface area contributed by atoms with Gasteiger partial charge in [0.1, 0.15) is 0 Å². The maximum absolute atomic E-state index is 12.8. The molecule has 4 rings (SSSR count). The number of aromatic nitrogens is 1. The van der Waals surface area contributed by atoms with Crippen LogP contribution in [0.2, 0.25) is 10.0 Å². The summed E-state index contributed by atoms with van der Waals surface area (Å²) in [6.07, 6.45) is 3.52. The van der Waals surface area contributed by atoms with Gasteiger partial charge in [-0.25, -0.2) is 8.42 Å². The molecule has 1 saturated heterocycles. The molecule has 170 valence electrons. The molecule has 0 atom stereocenters. The molecule has 3 aromatic rings. The Kier molecular flexibility index (Phi) is 6.55. The first-order chi connectivity index (χ1) is 15.7. The number of amides is 2. The molecule has 11 heteroatoms. The van der Waals surface area contributed by atoms with Gasteiger partial charge in [-0.2, -0.15) is 0 Å². The molecule has 1 aromatic heterocycles. The summed E-state index contributed by atoms with van der Waals surface area (Å²) in [6, 6.07) is 12.4. The van der Waals surface area contributed by atoms with E-state index in [0.717, 1.165) is 0 Å². The second kappa shape index (κ2) is 9.38. The van der Waals surface area contributed by atoms with Crippen LogP contribution in [0.15, 0.2) is 60.9 Å². The van der Waals surface area contributed by atoms with Crippen molar-refractivity contribution in [1.29, 1.82) is 0 Å². The van der Waals surface area contributed by atoms with Gasteiger partial charge < -0.3 is 10.6 Å². The van der Waals surface area contributed by atoms with Gasteiger partial charge in [-0.15, -0.1) is 0 Å². The minimum absolute atomic E-state index is 0.0864. The number of pyridine rings is 1. The largest absolute Gasteiger partial charge is 0.322 e. The first-order valence-electron chi connectivity index (χ1n) is 9.87. The van der Waals surface area contributed by atoms with Gasteiger partial charge in [0.05, 0.1) is 38.3 Å². The summed E-state index contributed by atoms with van der Waals surface area (Å²) < 4.78 is 25.5. The van der Waals surface area contributed by atoms with E-state index in [9.17, 15) is 18.0 Å². The highest BCUT2D eigenvalue weighted by Crippen LogP contribution is 2.30. The number of carbonyl (C=O) groups is 2. The second-order valence-electron chi connectivity index (χ2n) is 7.25. The summed E-state index contributed by atoms with van der Waals surface area (Å²) in [4.78, 5) is 29.1. The molecule has 0 unspecified atom stereocenters. The number of hydrogen-bond acceptors (Lipinski definition) is 5. The normalized spacial score (nSPS) is 14.7. The second-order valence-corrected chi connectivity index (χ2v) is 10.1. The topological polar surface area (TPSA) is 108 Å². The van der Waals surface area contributed by atoms with Gasteiger partial charge in [0.25, 0.3) is 11.8 Å². The lowest BCUT2D eigenvalue weighted by Gasteiger charge is -2.18. The highest BCUT2D eigenvalue weighted by Gasteiger charge is 2.29. The molecule has 2 amide bonds. The molecule has 33 heavy (non-hydrogen) atoms. The standard InChI is InChI=1S/C22H18Cl2N4O4S/c23-18-7-4-15(11-20(18)27-21(29)14-3-1-8-25-13-14)26-22(30)17-6-5-16(12-19(17)24)28-9-2-10-33(28,31)32/h1,3-8,11-13H,2,9-10H2,(H,26,30)(H,27,29). The van der Waals surface area contributed by atoms with Gasteiger partial charge in [-0.1, -0.05) is 23.2 Å². The van der Waals surface area contributed by atoms with Crippen LogP contribution in [0.5, 0.6) is 0 Å². The Hall–Kier alpha value is -3.14. The number of anilines is 3. The Morgan fingerprint density at radius 1 is 0.970 bits per heavy atom. The molecule has 2 heterocycles. The molecule has 2 aromatic carbocycles. The van der Waals surface area contributed by atoms with Crippen LogP contribution >= 0.6 is 23.2 Å². The van der Waals surface area contributed by atoms with E-state index >= 15 is 0 Å². The Morgan fingerprint density at radius 3 is 2.45 bits per heavy atom. The number of nitrogens with zero attached hydrogens (tertiary/aromatic N) is 2. The number of carbonyl (C=O) groups excluding carboxylic acids is 2. The number of halogens is 2. The van der Waals surface area contributed by atoms with Crippen molar-refractivity contribution in [2.75, 3.05) is 27.2 Å².